The number of aryl methyl sites for hydroxylation is 2. The molecule has 2 aromatic rings. The van der Waals surface area contributed by atoms with Crippen LogP contribution in [0, 0.1) is 6.92 Å². The highest BCUT2D eigenvalue weighted by molar-refractivity contribution is 5.94. The molecular formula is C28H40N3O4+. The van der Waals surface area contributed by atoms with Gasteiger partial charge in [-0.2, -0.15) is 0 Å². The number of hydrogen-bond acceptors (Lipinski definition) is 4. The van der Waals surface area contributed by atoms with Crippen LogP contribution in [-0.4, -0.2) is 50.1 Å². The number of nitrogens with two attached hydrogens (primary N) is 1. The van der Waals surface area contributed by atoms with E-state index in [2.05, 4.69) is 41.2 Å². The molecule has 0 aliphatic carbocycles. The van der Waals surface area contributed by atoms with Gasteiger partial charge in [0.2, 0.25) is 5.84 Å². The van der Waals surface area contributed by atoms with Gasteiger partial charge >= 0.3 is 5.97 Å². The summed E-state index contributed by atoms with van der Waals surface area (Å²) in [6.07, 6.45) is 3.12. The van der Waals surface area contributed by atoms with Crippen molar-refractivity contribution in [2.24, 2.45) is 10.7 Å². The Balaban J connectivity index is 1.93. The molecule has 0 spiro atoms. The number of benzene rings is 2. The van der Waals surface area contributed by atoms with Crippen molar-refractivity contribution in [1.82, 2.24) is 0 Å². The van der Waals surface area contributed by atoms with E-state index in [1.807, 2.05) is 31.2 Å². The summed E-state index contributed by atoms with van der Waals surface area (Å²) in [6, 6.07) is 16.2. The molecule has 190 valence electrons. The number of hydrogen-bond donors (Lipinski definition) is 2. The highest BCUT2D eigenvalue weighted by Crippen LogP contribution is 2.20. The van der Waals surface area contributed by atoms with E-state index in [9.17, 15) is 4.79 Å². The van der Waals surface area contributed by atoms with Crippen molar-refractivity contribution in [1.29, 1.82) is 0 Å². The van der Waals surface area contributed by atoms with E-state index in [0.717, 1.165) is 18.7 Å². The molecule has 0 saturated heterocycles. The van der Waals surface area contributed by atoms with Crippen LogP contribution < -0.4 is 15.5 Å². The second kappa shape index (κ2) is 14.3. The summed E-state index contributed by atoms with van der Waals surface area (Å²) in [5.41, 5.74) is 8.82. The van der Waals surface area contributed by atoms with Crippen molar-refractivity contribution in [3.8, 4) is 5.75 Å². The highest BCUT2D eigenvalue weighted by Gasteiger charge is 2.30. The number of carbonyl (C=O) groups is 1. The molecule has 0 unspecified atom stereocenters. The number of carbonyl (C=O) groups excluding carboxylic acids is 1. The normalized spacial score (nSPS) is 12.5. The second-order valence-electron chi connectivity index (χ2n) is 8.94. The molecule has 0 amide bonds. The van der Waals surface area contributed by atoms with E-state index in [1.54, 1.807) is 13.8 Å². The Morgan fingerprint density at radius 1 is 1.06 bits per heavy atom. The summed E-state index contributed by atoms with van der Waals surface area (Å²) in [7, 11) is 1.35. The standard InChI is InChI=1S/C28H39N3O4/c1-6-34-19-18-30-26(20-23-12-10-21(2)11-13-23)31-25(29)9-7-8-22-14-16-24(17-15-22)35-28(3,4)27(32)33-5/h10-17H,6-9,18-20H2,1-5H3,(H2,29,30,31)/p+1. The third kappa shape index (κ3) is 10.3. The predicted octanol–water partition coefficient (Wildman–Crippen LogP) is 2.76. The Morgan fingerprint density at radius 3 is 2.34 bits per heavy atom. The average Bonchev–Trinajstić information content (AvgIpc) is 2.83. The zero-order chi connectivity index (χ0) is 25.7. The van der Waals surface area contributed by atoms with Crippen molar-refractivity contribution in [2.45, 2.75) is 59.0 Å². The molecule has 0 aromatic heterocycles. The van der Waals surface area contributed by atoms with Gasteiger partial charge in [-0.25, -0.2) is 4.79 Å². The minimum atomic E-state index is -1.04. The van der Waals surface area contributed by atoms with Crippen molar-refractivity contribution in [3.05, 3.63) is 65.2 Å². The first-order chi connectivity index (χ1) is 16.7. The number of nitrogens with zero attached hydrogens (tertiary/aromatic N) is 1. The summed E-state index contributed by atoms with van der Waals surface area (Å²) in [6.45, 7) is 9.43. The number of rotatable bonds is 13. The van der Waals surface area contributed by atoms with Gasteiger partial charge in [0, 0.05) is 13.0 Å². The molecule has 0 saturated carbocycles. The van der Waals surface area contributed by atoms with Crippen LogP contribution in [0.4, 0.5) is 0 Å². The molecule has 2 aromatic carbocycles. The van der Waals surface area contributed by atoms with Crippen molar-refractivity contribution in [3.63, 3.8) is 0 Å². The Morgan fingerprint density at radius 2 is 1.71 bits per heavy atom. The fraction of sp³-hybridized carbons (Fsp3) is 0.464. The zero-order valence-corrected chi connectivity index (χ0v) is 21.7. The molecule has 0 fully saturated rings. The van der Waals surface area contributed by atoms with Crippen LogP contribution in [-0.2, 0) is 27.1 Å². The van der Waals surface area contributed by atoms with Crippen molar-refractivity contribution in [2.75, 3.05) is 26.9 Å². The minimum absolute atomic E-state index is 0.415. The van der Waals surface area contributed by atoms with Crippen LogP contribution in [0.25, 0.3) is 0 Å². The zero-order valence-electron chi connectivity index (χ0n) is 21.7. The fourth-order valence-electron chi connectivity index (χ4n) is 3.46. The lowest BCUT2D eigenvalue weighted by atomic mass is 10.1. The SMILES string of the molecule is CCOCC[NH+]=C(Cc1ccc(C)cc1)N=C(N)CCCc1ccc(OC(C)(C)C(=O)OC)cc1. The largest absolute Gasteiger partial charge is 0.476 e. The predicted molar refractivity (Wildman–Crippen MR) is 140 cm³/mol. The number of amidine groups is 2. The van der Waals surface area contributed by atoms with E-state index in [-0.39, 0.29) is 0 Å². The molecule has 0 heterocycles. The Hall–Kier alpha value is -3.19. The molecular weight excluding hydrogens is 442 g/mol. The smallest absolute Gasteiger partial charge is 0.349 e. The van der Waals surface area contributed by atoms with E-state index < -0.39 is 11.6 Å². The number of ether oxygens (including phenoxy) is 3. The number of methoxy groups -OCH3 is 1. The lowest BCUT2D eigenvalue weighted by Gasteiger charge is -2.23. The maximum absolute atomic E-state index is 11.8. The molecule has 0 radical (unpaired) electrons. The molecule has 0 atom stereocenters. The van der Waals surface area contributed by atoms with Gasteiger partial charge in [-0.05, 0) is 68.8 Å². The van der Waals surface area contributed by atoms with Gasteiger partial charge < -0.3 is 19.9 Å². The lowest BCUT2D eigenvalue weighted by Crippen LogP contribution is -2.74. The number of esters is 1. The van der Waals surface area contributed by atoms with E-state index in [4.69, 9.17) is 19.9 Å². The van der Waals surface area contributed by atoms with E-state index in [1.165, 1.54) is 23.8 Å². The molecule has 3 N–H and O–H groups in total. The third-order valence-corrected chi connectivity index (χ3v) is 5.42. The molecule has 7 heteroatoms. The quantitative estimate of drug-likeness (QED) is 0.198. The molecule has 35 heavy (non-hydrogen) atoms. The van der Waals surface area contributed by atoms with Gasteiger partial charge in [0.1, 0.15) is 12.3 Å². The molecule has 0 aliphatic rings. The van der Waals surface area contributed by atoms with Gasteiger partial charge in [-0.1, -0.05) is 42.0 Å². The Labute approximate surface area is 209 Å². The molecule has 0 bridgehead atoms. The lowest BCUT2D eigenvalue weighted by molar-refractivity contribution is -0.463. The Kier molecular flexibility index (Phi) is 11.4. The first-order valence-electron chi connectivity index (χ1n) is 12.2. The molecule has 2 rings (SSSR count). The van der Waals surface area contributed by atoms with Crippen LogP contribution >= 0.6 is 0 Å². The van der Waals surface area contributed by atoms with Crippen LogP contribution in [0.1, 0.15) is 50.3 Å². The monoisotopic (exact) mass is 482 g/mol. The minimum Gasteiger partial charge on any atom is -0.476 e. The third-order valence-electron chi connectivity index (χ3n) is 5.42. The topological polar surface area (TPSA) is 97.1 Å². The van der Waals surface area contributed by atoms with Gasteiger partial charge in [-0.15, -0.1) is 0 Å². The molecule has 0 aliphatic heterocycles. The van der Waals surface area contributed by atoms with Crippen molar-refractivity contribution >= 4 is 17.6 Å². The first kappa shape index (κ1) is 28.1. The summed E-state index contributed by atoms with van der Waals surface area (Å²) >= 11 is 0. The maximum Gasteiger partial charge on any atom is 0.349 e. The van der Waals surface area contributed by atoms with E-state index >= 15 is 0 Å². The highest BCUT2D eigenvalue weighted by atomic mass is 16.6. The van der Waals surface area contributed by atoms with Crippen LogP contribution in [0.15, 0.2) is 53.5 Å². The first-order valence-corrected chi connectivity index (χ1v) is 12.2. The van der Waals surface area contributed by atoms with Crippen LogP contribution in [0.5, 0.6) is 5.75 Å². The number of nitrogens with one attached hydrogen (secondary N) is 1. The maximum atomic E-state index is 11.8. The van der Waals surface area contributed by atoms with Gasteiger partial charge in [-0.3, -0.25) is 4.99 Å². The Bertz CT molecular complexity index is 980. The fourth-order valence-corrected chi connectivity index (χ4v) is 3.46. The van der Waals surface area contributed by atoms with Gasteiger partial charge in [0.15, 0.2) is 5.60 Å². The summed E-state index contributed by atoms with van der Waals surface area (Å²) < 4.78 is 16.0. The van der Waals surface area contributed by atoms with E-state index in [0.29, 0.717) is 44.2 Å². The number of aliphatic imine (C=N–C) groups is 1. The average molecular weight is 483 g/mol. The summed E-state index contributed by atoms with van der Waals surface area (Å²) in [5, 5.41) is 0. The van der Waals surface area contributed by atoms with Crippen LogP contribution in [0.2, 0.25) is 0 Å². The van der Waals surface area contributed by atoms with Crippen molar-refractivity contribution < 1.29 is 24.0 Å². The summed E-state index contributed by atoms with van der Waals surface area (Å²) in [4.78, 5) is 19.9. The van der Waals surface area contributed by atoms with Gasteiger partial charge in [0.25, 0.3) is 5.84 Å². The second-order valence-corrected chi connectivity index (χ2v) is 8.94. The van der Waals surface area contributed by atoms with Crippen LogP contribution in [0.3, 0.4) is 0 Å². The summed E-state index contributed by atoms with van der Waals surface area (Å²) in [5.74, 6) is 1.66. The molecule has 7 nitrogen and oxygen atoms in total. The van der Waals surface area contributed by atoms with Gasteiger partial charge in [0.05, 0.1) is 20.1 Å².